The Balaban J connectivity index is 2.86. The summed E-state index contributed by atoms with van der Waals surface area (Å²) in [5.41, 5.74) is 2.06. The quantitative estimate of drug-likeness (QED) is 0.719. The standard InChI is InChI=1S/C16H22O4/c1-4-19-15(17)10-13(11-16(18)20-5-2)14-9-7-6-8-12(14)3/h6-9,13H,4-5,10-11H2,1-3H3. The molecule has 1 rings (SSSR count). The van der Waals surface area contributed by atoms with Gasteiger partial charge in [0.25, 0.3) is 0 Å². The molecule has 0 saturated carbocycles. The lowest BCUT2D eigenvalue weighted by Gasteiger charge is -2.18. The van der Waals surface area contributed by atoms with Crippen molar-refractivity contribution in [3.8, 4) is 0 Å². The number of esters is 2. The van der Waals surface area contributed by atoms with E-state index < -0.39 is 0 Å². The molecule has 0 saturated heterocycles. The highest BCUT2D eigenvalue weighted by molar-refractivity contribution is 5.75. The van der Waals surface area contributed by atoms with Crippen LogP contribution in [0.5, 0.6) is 0 Å². The molecule has 0 fully saturated rings. The zero-order chi connectivity index (χ0) is 15.0. The first kappa shape index (κ1) is 16.2. The van der Waals surface area contributed by atoms with Gasteiger partial charge in [0.1, 0.15) is 0 Å². The first-order valence-corrected chi connectivity index (χ1v) is 6.95. The molecule has 0 aliphatic rings. The number of ether oxygens (including phenoxy) is 2. The summed E-state index contributed by atoms with van der Waals surface area (Å²) in [6.45, 7) is 6.20. The minimum atomic E-state index is -0.287. The zero-order valence-electron chi connectivity index (χ0n) is 12.3. The topological polar surface area (TPSA) is 52.6 Å². The predicted octanol–water partition coefficient (Wildman–Crippen LogP) is 2.99. The van der Waals surface area contributed by atoms with E-state index >= 15 is 0 Å². The third-order valence-electron chi connectivity index (χ3n) is 3.07. The molecule has 20 heavy (non-hydrogen) atoms. The zero-order valence-corrected chi connectivity index (χ0v) is 12.3. The van der Waals surface area contributed by atoms with Crippen LogP contribution >= 0.6 is 0 Å². The van der Waals surface area contributed by atoms with Crippen LogP contribution in [0.2, 0.25) is 0 Å². The molecule has 1 aromatic rings. The molecule has 0 heterocycles. The van der Waals surface area contributed by atoms with Gasteiger partial charge >= 0.3 is 11.9 Å². The maximum Gasteiger partial charge on any atom is 0.306 e. The Bertz CT molecular complexity index is 434. The molecule has 0 aliphatic carbocycles. The van der Waals surface area contributed by atoms with Crippen molar-refractivity contribution in [2.45, 2.75) is 39.5 Å². The van der Waals surface area contributed by atoms with Gasteiger partial charge in [0.15, 0.2) is 0 Å². The van der Waals surface area contributed by atoms with Crippen molar-refractivity contribution in [1.29, 1.82) is 0 Å². The van der Waals surface area contributed by atoms with Crippen LogP contribution in [0.25, 0.3) is 0 Å². The maximum absolute atomic E-state index is 11.7. The van der Waals surface area contributed by atoms with Crippen molar-refractivity contribution in [1.82, 2.24) is 0 Å². The first-order chi connectivity index (χ1) is 9.58. The highest BCUT2D eigenvalue weighted by Crippen LogP contribution is 2.27. The predicted molar refractivity (Wildman–Crippen MR) is 76.4 cm³/mol. The van der Waals surface area contributed by atoms with E-state index in [4.69, 9.17) is 9.47 Å². The third-order valence-corrected chi connectivity index (χ3v) is 3.07. The molecular weight excluding hydrogens is 256 g/mol. The van der Waals surface area contributed by atoms with Gasteiger partial charge in [-0.3, -0.25) is 9.59 Å². The molecule has 0 unspecified atom stereocenters. The van der Waals surface area contributed by atoms with Crippen LogP contribution in [0.15, 0.2) is 24.3 Å². The first-order valence-electron chi connectivity index (χ1n) is 6.95. The van der Waals surface area contributed by atoms with Gasteiger partial charge in [0, 0.05) is 5.92 Å². The molecular formula is C16H22O4. The Labute approximate surface area is 120 Å². The lowest BCUT2D eigenvalue weighted by atomic mass is 9.89. The summed E-state index contributed by atoms with van der Waals surface area (Å²) < 4.78 is 9.97. The van der Waals surface area contributed by atoms with Crippen molar-refractivity contribution in [2.75, 3.05) is 13.2 Å². The minimum absolute atomic E-state index is 0.192. The number of benzene rings is 1. The lowest BCUT2D eigenvalue weighted by molar-refractivity contribution is -0.145. The summed E-state index contributed by atoms with van der Waals surface area (Å²) in [5, 5.41) is 0. The molecule has 0 aromatic heterocycles. The number of carbonyl (C=O) groups is 2. The van der Waals surface area contributed by atoms with E-state index in [1.54, 1.807) is 13.8 Å². The van der Waals surface area contributed by atoms with Crippen LogP contribution in [-0.4, -0.2) is 25.2 Å². The minimum Gasteiger partial charge on any atom is -0.466 e. The Morgan fingerprint density at radius 2 is 1.50 bits per heavy atom. The highest BCUT2D eigenvalue weighted by atomic mass is 16.5. The average molecular weight is 278 g/mol. The van der Waals surface area contributed by atoms with E-state index in [0.29, 0.717) is 13.2 Å². The van der Waals surface area contributed by atoms with E-state index in [1.165, 1.54) is 0 Å². The normalized spacial score (nSPS) is 10.4. The lowest BCUT2D eigenvalue weighted by Crippen LogP contribution is -2.16. The third kappa shape index (κ3) is 5.03. The van der Waals surface area contributed by atoms with Crippen LogP contribution in [-0.2, 0) is 19.1 Å². The van der Waals surface area contributed by atoms with Crippen LogP contribution < -0.4 is 0 Å². The highest BCUT2D eigenvalue weighted by Gasteiger charge is 2.22. The fourth-order valence-electron chi connectivity index (χ4n) is 2.18. The van der Waals surface area contributed by atoms with Crippen molar-refractivity contribution in [2.24, 2.45) is 0 Å². The number of hydrogen-bond donors (Lipinski definition) is 0. The molecule has 0 bridgehead atoms. The van der Waals surface area contributed by atoms with Crippen LogP contribution in [0.3, 0.4) is 0 Å². The smallest absolute Gasteiger partial charge is 0.306 e. The Kier molecular flexibility index (Phi) is 6.77. The molecule has 1 aromatic carbocycles. The maximum atomic E-state index is 11.7. The van der Waals surface area contributed by atoms with Crippen molar-refractivity contribution in [3.05, 3.63) is 35.4 Å². The van der Waals surface area contributed by atoms with Crippen molar-refractivity contribution >= 4 is 11.9 Å². The molecule has 0 N–H and O–H groups in total. The van der Waals surface area contributed by atoms with Gasteiger partial charge in [-0.05, 0) is 31.9 Å². The molecule has 0 radical (unpaired) electrons. The van der Waals surface area contributed by atoms with Crippen LogP contribution in [0.4, 0.5) is 0 Å². The van der Waals surface area contributed by atoms with Gasteiger partial charge in [-0.2, -0.15) is 0 Å². The second-order valence-corrected chi connectivity index (χ2v) is 4.57. The van der Waals surface area contributed by atoms with Gasteiger partial charge in [0.05, 0.1) is 26.1 Å². The molecule has 0 aliphatic heterocycles. The van der Waals surface area contributed by atoms with Gasteiger partial charge in [-0.25, -0.2) is 0 Å². The number of rotatable bonds is 7. The SMILES string of the molecule is CCOC(=O)CC(CC(=O)OCC)c1ccccc1C. The second-order valence-electron chi connectivity index (χ2n) is 4.57. The molecule has 110 valence electrons. The van der Waals surface area contributed by atoms with E-state index in [-0.39, 0.29) is 30.7 Å². The summed E-state index contributed by atoms with van der Waals surface area (Å²) in [7, 11) is 0. The monoisotopic (exact) mass is 278 g/mol. The Morgan fingerprint density at radius 3 is 1.95 bits per heavy atom. The molecule has 0 spiro atoms. The molecule has 4 nitrogen and oxygen atoms in total. The summed E-state index contributed by atoms with van der Waals surface area (Å²) in [6, 6.07) is 7.76. The van der Waals surface area contributed by atoms with Crippen molar-refractivity contribution < 1.29 is 19.1 Å². The summed E-state index contributed by atoms with van der Waals surface area (Å²) in [5.74, 6) is -0.774. The van der Waals surface area contributed by atoms with Crippen LogP contribution in [0.1, 0.15) is 43.7 Å². The number of hydrogen-bond acceptors (Lipinski definition) is 4. The van der Waals surface area contributed by atoms with Gasteiger partial charge in [0.2, 0.25) is 0 Å². The largest absolute Gasteiger partial charge is 0.466 e. The summed E-state index contributed by atoms with van der Waals surface area (Å²) >= 11 is 0. The fourth-order valence-corrected chi connectivity index (χ4v) is 2.18. The van der Waals surface area contributed by atoms with E-state index in [1.807, 2.05) is 31.2 Å². The van der Waals surface area contributed by atoms with E-state index in [2.05, 4.69) is 0 Å². The molecule has 0 atom stereocenters. The average Bonchev–Trinajstić information content (AvgIpc) is 2.39. The second kappa shape index (κ2) is 8.35. The Morgan fingerprint density at radius 1 is 1.00 bits per heavy atom. The summed E-state index contributed by atoms with van der Waals surface area (Å²) in [4.78, 5) is 23.4. The van der Waals surface area contributed by atoms with Gasteiger partial charge < -0.3 is 9.47 Å². The number of aryl methyl sites for hydroxylation is 1. The van der Waals surface area contributed by atoms with Gasteiger partial charge in [-0.15, -0.1) is 0 Å². The van der Waals surface area contributed by atoms with E-state index in [9.17, 15) is 9.59 Å². The van der Waals surface area contributed by atoms with Crippen LogP contribution in [0, 0.1) is 6.92 Å². The molecule has 4 heteroatoms. The van der Waals surface area contributed by atoms with Gasteiger partial charge in [-0.1, -0.05) is 24.3 Å². The molecule has 0 amide bonds. The fraction of sp³-hybridized carbons (Fsp3) is 0.500. The number of carbonyl (C=O) groups excluding carboxylic acids is 2. The summed E-state index contributed by atoms with van der Waals surface area (Å²) in [6.07, 6.45) is 0.384. The van der Waals surface area contributed by atoms with Crippen molar-refractivity contribution in [3.63, 3.8) is 0 Å². The van der Waals surface area contributed by atoms with E-state index in [0.717, 1.165) is 11.1 Å². The Hall–Kier alpha value is -1.84.